The zero-order valence-electron chi connectivity index (χ0n) is 22.3. The number of carbonyl (C=O) groups is 2. The molecule has 3 aromatic rings. The maximum absolute atomic E-state index is 15.2. The van der Waals surface area contributed by atoms with E-state index in [-0.39, 0.29) is 35.7 Å². The van der Waals surface area contributed by atoms with Crippen LogP contribution in [0.1, 0.15) is 66.8 Å². The van der Waals surface area contributed by atoms with Crippen LogP contribution in [0.25, 0.3) is 5.69 Å². The molecule has 200 valence electrons. The van der Waals surface area contributed by atoms with Crippen molar-refractivity contribution in [3.8, 4) is 5.69 Å². The number of nitrogens with one attached hydrogen (secondary N) is 1. The fourth-order valence-electron chi connectivity index (χ4n) is 4.81. The zero-order valence-corrected chi connectivity index (χ0v) is 23.1. The molecule has 0 spiro atoms. The van der Waals surface area contributed by atoms with Crippen molar-refractivity contribution < 1.29 is 18.4 Å². The first-order valence-electron chi connectivity index (χ1n) is 12.8. The third kappa shape index (κ3) is 4.96. The molecule has 9 heteroatoms. The minimum Gasteiger partial charge on any atom is -0.352 e. The summed E-state index contributed by atoms with van der Waals surface area (Å²) < 4.78 is 30.9. The van der Waals surface area contributed by atoms with E-state index in [2.05, 4.69) is 5.32 Å². The predicted molar refractivity (Wildman–Crippen MR) is 146 cm³/mol. The van der Waals surface area contributed by atoms with Gasteiger partial charge in [-0.1, -0.05) is 39.0 Å². The Hall–Kier alpha value is -3.20. The number of anilines is 1. The Morgan fingerprint density at radius 3 is 2.55 bits per heavy atom. The van der Waals surface area contributed by atoms with Gasteiger partial charge in [0.2, 0.25) is 11.8 Å². The van der Waals surface area contributed by atoms with Gasteiger partial charge in [0.25, 0.3) is 0 Å². The fourth-order valence-corrected chi connectivity index (χ4v) is 6.03. The molecule has 6 nitrogen and oxygen atoms in total. The van der Waals surface area contributed by atoms with E-state index in [0.29, 0.717) is 17.1 Å². The van der Waals surface area contributed by atoms with Gasteiger partial charge in [-0.3, -0.25) is 14.5 Å². The van der Waals surface area contributed by atoms with E-state index in [1.165, 1.54) is 28.8 Å². The van der Waals surface area contributed by atoms with E-state index in [0.717, 1.165) is 35.7 Å². The molecule has 2 heterocycles. The summed E-state index contributed by atoms with van der Waals surface area (Å²) in [6, 6.07) is 9.55. The normalized spacial score (nSPS) is 17.8. The van der Waals surface area contributed by atoms with Crippen LogP contribution in [0.15, 0.2) is 36.4 Å². The van der Waals surface area contributed by atoms with Crippen molar-refractivity contribution in [1.82, 2.24) is 15.1 Å². The van der Waals surface area contributed by atoms with Crippen molar-refractivity contribution in [3.05, 3.63) is 76.0 Å². The van der Waals surface area contributed by atoms with E-state index >= 15 is 4.39 Å². The van der Waals surface area contributed by atoms with Crippen LogP contribution in [0, 0.1) is 25.5 Å². The number of aryl methyl sites for hydroxylation is 1. The topological polar surface area (TPSA) is 67.2 Å². The maximum atomic E-state index is 15.2. The highest BCUT2D eigenvalue weighted by molar-refractivity contribution is 8.00. The van der Waals surface area contributed by atoms with Crippen molar-refractivity contribution >= 4 is 29.4 Å². The minimum absolute atomic E-state index is 0.0310. The molecule has 1 aromatic heterocycles. The summed E-state index contributed by atoms with van der Waals surface area (Å²) in [7, 11) is 0. The lowest BCUT2D eigenvalue weighted by atomic mass is 9.87. The highest BCUT2D eigenvalue weighted by Crippen LogP contribution is 2.49. The summed E-state index contributed by atoms with van der Waals surface area (Å²) in [5, 5.41) is 7.40. The second kappa shape index (κ2) is 9.84. The number of amides is 2. The zero-order chi connectivity index (χ0) is 27.4. The van der Waals surface area contributed by atoms with Crippen LogP contribution in [-0.2, 0) is 15.0 Å². The van der Waals surface area contributed by atoms with E-state index in [1.54, 1.807) is 4.68 Å². The third-order valence-corrected chi connectivity index (χ3v) is 8.33. The second-order valence-corrected chi connectivity index (χ2v) is 12.2. The monoisotopic (exact) mass is 538 g/mol. The van der Waals surface area contributed by atoms with Crippen LogP contribution >= 0.6 is 11.8 Å². The van der Waals surface area contributed by atoms with Crippen molar-refractivity contribution in [3.63, 3.8) is 0 Å². The summed E-state index contributed by atoms with van der Waals surface area (Å²) in [6.07, 6.45) is 1.86. The first-order chi connectivity index (χ1) is 18.0. The molecule has 0 bridgehead atoms. The first kappa shape index (κ1) is 26.4. The Morgan fingerprint density at radius 1 is 1.16 bits per heavy atom. The number of fused-ring (bicyclic) bond motifs is 1. The molecule has 1 fully saturated rings. The van der Waals surface area contributed by atoms with Crippen LogP contribution in [0.4, 0.5) is 14.6 Å². The summed E-state index contributed by atoms with van der Waals surface area (Å²) in [6.45, 7) is 9.88. The lowest BCUT2D eigenvalue weighted by molar-refractivity contribution is -0.123. The van der Waals surface area contributed by atoms with Crippen LogP contribution in [0.5, 0.6) is 0 Å². The molecule has 2 aliphatic rings. The van der Waals surface area contributed by atoms with E-state index < -0.39 is 22.3 Å². The van der Waals surface area contributed by atoms with Gasteiger partial charge in [0.15, 0.2) is 0 Å². The number of hydrogen-bond donors (Lipinski definition) is 1. The Labute approximate surface area is 225 Å². The number of rotatable bonds is 5. The highest BCUT2D eigenvalue weighted by Gasteiger charge is 2.41. The molecule has 1 atom stereocenters. The molecule has 5 rings (SSSR count). The molecular formula is C29H32F2N4O2S. The average Bonchev–Trinajstić information content (AvgIpc) is 3.58. The largest absolute Gasteiger partial charge is 0.352 e. The van der Waals surface area contributed by atoms with Gasteiger partial charge in [-0.05, 0) is 49.9 Å². The molecule has 1 N–H and O–H groups in total. The summed E-state index contributed by atoms with van der Waals surface area (Å²) >= 11 is 1.27. The molecule has 0 radical (unpaired) electrons. The van der Waals surface area contributed by atoms with Gasteiger partial charge >= 0.3 is 0 Å². The summed E-state index contributed by atoms with van der Waals surface area (Å²) in [5.74, 6) is -1.36. The van der Waals surface area contributed by atoms with E-state index in [4.69, 9.17) is 5.10 Å². The number of hydrogen-bond acceptors (Lipinski definition) is 4. The Bertz CT molecular complexity index is 1420. The van der Waals surface area contributed by atoms with Gasteiger partial charge in [0.05, 0.1) is 22.4 Å². The predicted octanol–water partition coefficient (Wildman–Crippen LogP) is 5.51. The summed E-state index contributed by atoms with van der Waals surface area (Å²) in [4.78, 5) is 28.1. The van der Waals surface area contributed by atoms with Gasteiger partial charge in [-0.15, -0.1) is 11.8 Å². The lowest BCUT2D eigenvalue weighted by Crippen LogP contribution is -2.43. The number of halogens is 2. The molecule has 1 saturated carbocycles. The first-order valence-corrected chi connectivity index (χ1v) is 13.9. The average molecular weight is 539 g/mol. The molecule has 1 aliphatic carbocycles. The molecular weight excluding hydrogens is 506 g/mol. The number of aromatic nitrogens is 2. The lowest BCUT2D eigenvalue weighted by Gasteiger charge is -2.25. The molecule has 2 aromatic carbocycles. The maximum Gasteiger partial charge on any atom is 0.240 e. The smallest absolute Gasteiger partial charge is 0.240 e. The Kier molecular flexibility index (Phi) is 6.84. The standard InChI is InChI=1S/C29H32F2N4O2S/c1-16-7-6-8-22(17(16)2)35-28-25(27(33-35)29(3,4)5)26(20-12-9-18(30)13-21(20)31)38-15-24(37)34(28)14-23(36)32-19-10-11-19/h6-9,12-13,19,26H,10-11,14-15H2,1-5H3,(H,32,36)/t26-/m0/s1. The van der Waals surface area contributed by atoms with E-state index in [1.807, 2.05) is 52.8 Å². The van der Waals surface area contributed by atoms with Crippen molar-refractivity contribution in [2.45, 2.75) is 64.2 Å². The van der Waals surface area contributed by atoms with Crippen molar-refractivity contribution in [2.24, 2.45) is 0 Å². The van der Waals surface area contributed by atoms with Crippen molar-refractivity contribution in [2.75, 3.05) is 17.2 Å². The van der Waals surface area contributed by atoms with Gasteiger partial charge in [-0.25, -0.2) is 13.5 Å². The van der Waals surface area contributed by atoms with Gasteiger partial charge in [-0.2, -0.15) is 5.10 Å². The van der Waals surface area contributed by atoms with Crippen LogP contribution in [0.3, 0.4) is 0 Å². The fraction of sp³-hybridized carbons (Fsp3) is 0.414. The second-order valence-electron chi connectivity index (χ2n) is 11.1. The molecule has 1 aliphatic heterocycles. The van der Waals surface area contributed by atoms with E-state index in [9.17, 15) is 14.0 Å². The summed E-state index contributed by atoms with van der Waals surface area (Å²) in [5.41, 5.74) is 3.98. The number of thioether (sulfide) groups is 1. The Morgan fingerprint density at radius 2 is 1.89 bits per heavy atom. The van der Waals surface area contributed by atoms with Crippen LogP contribution in [-0.4, -0.2) is 39.9 Å². The highest BCUT2D eigenvalue weighted by atomic mass is 32.2. The van der Waals surface area contributed by atoms with Gasteiger partial charge in [0.1, 0.15) is 24.0 Å². The van der Waals surface area contributed by atoms with Crippen LogP contribution in [0.2, 0.25) is 0 Å². The molecule has 0 saturated heterocycles. The molecule has 38 heavy (non-hydrogen) atoms. The van der Waals surface area contributed by atoms with Crippen molar-refractivity contribution in [1.29, 1.82) is 0 Å². The quantitative estimate of drug-likeness (QED) is 0.465. The van der Waals surface area contributed by atoms with Crippen LogP contribution < -0.4 is 10.2 Å². The minimum atomic E-state index is -0.680. The number of benzene rings is 2. The number of carbonyl (C=O) groups excluding carboxylic acids is 2. The third-order valence-electron chi connectivity index (χ3n) is 7.09. The van der Waals surface area contributed by atoms with Gasteiger partial charge in [0, 0.05) is 28.7 Å². The number of nitrogens with zero attached hydrogens (tertiary/aromatic N) is 3. The SMILES string of the molecule is Cc1cccc(-n2nc(C(C)(C)C)c3c2N(CC(=O)NC2CC2)C(=O)CS[C@H]3c2ccc(F)cc2F)c1C. The molecule has 0 unspecified atom stereocenters. The molecule has 2 amide bonds. The Balaban J connectivity index is 1.79. The van der Waals surface area contributed by atoms with Gasteiger partial charge < -0.3 is 5.32 Å².